The Hall–Kier alpha value is -3.19. The highest BCUT2D eigenvalue weighted by Crippen LogP contribution is 2.37. The predicted octanol–water partition coefficient (Wildman–Crippen LogP) is 2.26. The Morgan fingerprint density at radius 3 is 2.52 bits per heavy atom. The molecule has 0 aliphatic rings. The number of benzene rings is 2. The Kier molecular flexibility index (Phi) is 5.23. The minimum absolute atomic E-state index is 0.0528. The second-order valence-electron chi connectivity index (χ2n) is 5.46. The third kappa shape index (κ3) is 3.68. The van der Waals surface area contributed by atoms with E-state index in [0.717, 1.165) is 0 Å². The molecule has 0 spiro atoms. The van der Waals surface area contributed by atoms with Gasteiger partial charge in [0, 0.05) is 10.6 Å². The summed E-state index contributed by atoms with van der Waals surface area (Å²) in [7, 11) is 2.96. The van der Waals surface area contributed by atoms with Crippen LogP contribution in [0.15, 0.2) is 45.6 Å². The monoisotopic (exact) mass is 389 g/mol. The van der Waals surface area contributed by atoms with Crippen LogP contribution in [0.4, 0.5) is 0 Å². The van der Waals surface area contributed by atoms with Gasteiger partial charge in [-0.15, -0.1) is 0 Å². The molecule has 1 heterocycles. The van der Waals surface area contributed by atoms with E-state index in [9.17, 15) is 14.7 Å². The molecule has 3 aromatic rings. The van der Waals surface area contributed by atoms with Gasteiger partial charge in [0.15, 0.2) is 17.3 Å². The van der Waals surface area contributed by atoms with Gasteiger partial charge < -0.3 is 28.5 Å². The maximum atomic E-state index is 12.9. The van der Waals surface area contributed by atoms with Gasteiger partial charge in [-0.05, 0) is 36.4 Å². The first-order valence-corrected chi connectivity index (χ1v) is 8.13. The Morgan fingerprint density at radius 1 is 1.11 bits per heavy atom. The zero-order valence-electron chi connectivity index (χ0n) is 14.4. The van der Waals surface area contributed by atoms with Gasteiger partial charge in [0.25, 0.3) is 0 Å². The molecule has 0 saturated carbocycles. The Balaban J connectivity index is 2.27. The number of hydrogen-bond donors (Lipinski definition) is 0. The molecule has 27 heavy (non-hydrogen) atoms. The molecule has 0 aliphatic heterocycles. The SMILES string of the molecule is COc1ccc(-c2oc3ccc(Cl)cc3c(=O)c2OCC(=O)[O-])cc1OC. The van der Waals surface area contributed by atoms with E-state index in [1.165, 1.54) is 20.3 Å². The van der Waals surface area contributed by atoms with Crippen molar-refractivity contribution in [1.82, 2.24) is 0 Å². The number of carbonyl (C=O) groups is 1. The van der Waals surface area contributed by atoms with E-state index in [4.69, 9.17) is 30.2 Å². The maximum Gasteiger partial charge on any atom is 0.235 e. The van der Waals surface area contributed by atoms with E-state index in [1.54, 1.807) is 30.3 Å². The third-order valence-electron chi connectivity index (χ3n) is 3.79. The van der Waals surface area contributed by atoms with Crippen molar-refractivity contribution < 1.29 is 28.5 Å². The Bertz CT molecular complexity index is 1070. The summed E-state index contributed by atoms with van der Waals surface area (Å²) in [6.45, 7) is -0.808. The van der Waals surface area contributed by atoms with Crippen LogP contribution < -0.4 is 24.7 Å². The molecule has 0 amide bonds. The molecule has 7 nitrogen and oxygen atoms in total. The Morgan fingerprint density at radius 2 is 1.85 bits per heavy atom. The zero-order valence-corrected chi connectivity index (χ0v) is 15.2. The van der Waals surface area contributed by atoms with Crippen molar-refractivity contribution in [3.8, 4) is 28.6 Å². The quantitative estimate of drug-likeness (QED) is 0.637. The fourth-order valence-electron chi connectivity index (χ4n) is 2.58. The summed E-state index contributed by atoms with van der Waals surface area (Å²) in [6, 6.07) is 9.40. The summed E-state index contributed by atoms with van der Waals surface area (Å²) in [4.78, 5) is 23.7. The molecule has 0 aliphatic carbocycles. The zero-order chi connectivity index (χ0) is 19.6. The van der Waals surface area contributed by atoms with Crippen LogP contribution in [0.5, 0.6) is 17.2 Å². The van der Waals surface area contributed by atoms with Crippen LogP contribution in [-0.2, 0) is 4.79 Å². The van der Waals surface area contributed by atoms with Crippen molar-refractivity contribution in [3.63, 3.8) is 0 Å². The normalized spacial score (nSPS) is 10.6. The second-order valence-corrected chi connectivity index (χ2v) is 5.90. The predicted molar refractivity (Wildman–Crippen MR) is 96.5 cm³/mol. The van der Waals surface area contributed by atoms with Gasteiger partial charge in [0.2, 0.25) is 11.2 Å². The van der Waals surface area contributed by atoms with E-state index < -0.39 is 18.0 Å². The number of rotatable bonds is 6. The van der Waals surface area contributed by atoms with Crippen molar-refractivity contribution >= 4 is 28.5 Å². The van der Waals surface area contributed by atoms with Gasteiger partial charge in [-0.25, -0.2) is 0 Å². The van der Waals surface area contributed by atoms with Crippen LogP contribution >= 0.6 is 11.6 Å². The fourth-order valence-corrected chi connectivity index (χ4v) is 2.75. The molecule has 1 aromatic heterocycles. The second kappa shape index (κ2) is 7.59. The number of methoxy groups -OCH3 is 2. The van der Waals surface area contributed by atoms with Crippen LogP contribution in [0.25, 0.3) is 22.3 Å². The summed E-state index contributed by atoms with van der Waals surface area (Å²) < 4.78 is 21.5. The maximum absolute atomic E-state index is 12.9. The van der Waals surface area contributed by atoms with Crippen LogP contribution in [0.3, 0.4) is 0 Å². The van der Waals surface area contributed by atoms with E-state index in [0.29, 0.717) is 22.1 Å². The van der Waals surface area contributed by atoms with Gasteiger partial charge >= 0.3 is 0 Å². The van der Waals surface area contributed by atoms with E-state index in [-0.39, 0.29) is 22.5 Å². The molecular weight excluding hydrogens is 376 g/mol. The van der Waals surface area contributed by atoms with Crippen LogP contribution in [0, 0.1) is 0 Å². The number of fused-ring (bicyclic) bond motifs is 1. The average molecular weight is 390 g/mol. The highest BCUT2D eigenvalue weighted by molar-refractivity contribution is 6.31. The highest BCUT2D eigenvalue weighted by atomic mass is 35.5. The smallest absolute Gasteiger partial charge is 0.235 e. The lowest BCUT2D eigenvalue weighted by molar-refractivity contribution is -0.307. The summed E-state index contributed by atoms with van der Waals surface area (Å²) in [6.07, 6.45) is 0. The standard InChI is InChI=1S/C19H15ClO7/c1-24-14-5-3-10(7-15(14)25-2)18-19(26-9-16(21)22)17(23)12-8-11(20)4-6-13(12)27-18/h3-8H,9H2,1-2H3,(H,21,22)/p-1. The lowest BCUT2D eigenvalue weighted by Crippen LogP contribution is -2.30. The van der Waals surface area contributed by atoms with Crippen molar-refractivity contribution in [1.29, 1.82) is 0 Å². The number of hydrogen-bond acceptors (Lipinski definition) is 7. The molecule has 0 bridgehead atoms. The topological polar surface area (TPSA) is 98.0 Å². The number of aliphatic carboxylic acids is 1. The van der Waals surface area contributed by atoms with E-state index in [2.05, 4.69) is 0 Å². The molecule has 0 atom stereocenters. The van der Waals surface area contributed by atoms with Gasteiger partial charge in [-0.3, -0.25) is 4.79 Å². The number of carboxylic acid groups (broad SMARTS) is 1. The minimum atomic E-state index is -1.47. The lowest BCUT2D eigenvalue weighted by Gasteiger charge is -2.14. The first-order valence-electron chi connectivity index (χ1n) is 7.76. The lowest BCUT2D eigenvalue weighted by atomic mass is 10.1. The first kappa shape index (κ1) is 18.6. The molecule has 0 unspecified atom stereocenters. The van der Waals surface area contributed by atoms with Crippen molar-refractivity contribution in [2.75, 3.05) is 20.8 Å². The number of halogens is 1. The van der Waals surface area contributed by atoms with Crippen LogP contribution in [0.1, 0.15) is 0 Å². The van der Waals surface area contributed by atoms with Crippen LogP contribution in [0.2, 0.25) is 5.02 Å². The molecule has 8 heteroatoms. The first-order chi connectivity index (χ1) is 12.9. The summed E-state index contributed by atoms with van der Waals surface area (Å²) >= 11 is 5.94. The summed E-state index contributed by atoms with van der Waals surface area (Å²) in [5.41, 5.74) is 0.162. The number of carboxylic acids is 1. The summed E-state index contributed by atoms with van der Waals surface area (Å²) in [5, 5.41) is 11.3. The average Bonchev–Trinajstić information content (AvgIpc) is 2.66. The van der Waals surface area contributed by atoms with Gasteiger partial charge in [-0.1, -0.05) is 11.6 Å². The number of carbonyl (C=O) groups excluding carboxylic acids is 1. The van der Waals surface area contributed by atoms with Crippen molar-refractivity contribution in [2.45, 2.75) is 0 Å². The minimum Gasteiger partial charge on any atom is -0.546 e. The van der Waals surface area contributed by atoms with Crippen molar-refractivity contribution in [2.24, 2.45) is 0 Å². The van der Waals surface area contributed by atoms with E-state index >= 15 is 0 Å². The van der Waals surface area contributed by atoms with E-state index in [1.807, 2.05) is 0 Å². The molecule has 0 saturated heterocycles. The highest BCUT2D eigenvalue weighted by Gasteiger charge is 2.19. The third-order valence-corrected chi connectivity index (χ3v) is 4.03. The fraction of sp³-hybridized carbons (Fsp3) is 0.158. The van der Waals surface area contributed by atoms with Gasteiger partial charge in [-0.2, -0.15) is 0 Å². The van der Waals surface area contributed by atoms with Gasteiger partial charge in [0.05, 0.1) is 25.6 Å². The van der Waals surface area contributed by atoms with Crippen LogP contribution in [-0.4, -0.2) is 26.8 Å². The number of ether oxygens (including phenoxy) is 3. The summed E-state index contributed by atoms with van der Waals surface area (Å²) in [5.74, 6) is -0.801. The molecule has 0 N–H and O–H groups in total. The van der Waals surface area contributed by atoms with Gasteiger partial charge in [0.1, 0.15) is 12.2 Å². The molecule has 3 rings (SSSR count). The Labute approximate surface area is 158 Å². The van der Waals surface area contributed by atoms with Crippen molar-refractivity contribution in [3.05, 3.63) is 51.6 Å². The molecular formula is C19H14ClO7-. The molecule has 0 fully saturated rings. The molecule has 2 aromatic carbocycles. The largest absolute Gasteiger partial charge is 0.546 e. The molecule has 0 radical (unpaired) electrons. The molecule has 140 valence electrons.